The van der Waals surface area contributed by atoms with Gasteiger partial charge in [-0.3, -0.25) is 0 Å². The van der Waals surface area contributed by atoms with Gasteiger partial charge in [-0.25, -0.2) is 0 Å². The van der Waals surface area contributed by atoms with Gasteiger partial charge in [-0.05, 0) is 0 Å². The number of nitrogens with zero attached hydrogens (tertiary/aromatic N) is 4. The van der Waals surface area contributed by atoms with Crippen LogP contribution in [-0.4, -0.2) is 45.5 Å². The molecular formula is C16H16N6O4Se. The Morgan fingerprint density at radius 3 is 3.04 bits per heavy atom. The Morgan fingerprint density at radius 2 is 2.22 bits per heavy atom. The van der Waals surface area contributed by atoms with Crippen molar-refractivity contribution in [2.45, 2.75) is 30.5 Å². The number of nitrogen functional groups attached to an aromatic ring is 1. The zero-order valence-electron chi connectivity index (χ0n) is 14.1. The Balaban J connectivity index is 1.47. The second-order valence-electron chi connectivity index (χ2n) is 6.10. The molecule has 3 heterocycles. The first-order valence-electron chi connectivity index (χ1n) is 8.27. The summed E-state index contributed by atoms with van der Waals surface area (Å²) in [5.41, 5.74) is 6.02. The summed E-state index contributed by atoms with van der Waals surface area (Å²) >= 11 is -0.0694. The summed E-state index contributed by atoms with van der Waals surface area (Å²) in [6.45, 7) is 0. The average Bonchev–Trinajstić information content (AvgIpc) is 3.26. The fourth-order valence-electron chi connectivity index (χ4n) is 3.08. The van der Waals surface area contributed by atoms with E-state index in [9.17, 15) is 14.9 Å². The predicted molar refractivity (Wildman–Crippen MR) is 99.0 cm³/mol. The first-order valence-corrected chi connectivity index (χ1v) is 10.3. The van der Waals surface area contributed by atoms with Crippen LogP contribution < -0.4 is 15.8 Å². The second kappa shape index (κ2) is 7.10. The summed E-state index contributed by atoms with van der Waals surface area (Å²) in [4.78, 5) is 33.4. The number of H-pyrrole nitrogens is 1. The van der Waals surface area contributed by atoms with Gasteiger partial charge in [-0.15, -0.1) is 0 Å². The molecular weight excluding hydrogens is 419 g/mol. The van der Waals surface area contributed by atoms with Crippen molar-refractivity contribution >= 4 is 42.2 Å². The Bertz CT molecular complexity index is 1060. The summed E-state index contributed by atoms with van der Waals surface area (Å²) in [5, 5.41) is 11.9. The third-order valence-electron chi connectivity index (χ3n) is 4.33. The molecule has 2 atom stereocenters. The van der Waals surface area contributed by atoms with Crippen LogP contribution in [0.25, 0.3) is 11.2 Å². The van der Waals surface area contributed by atoms with Gasteiger partial charge in [0, 0.05) is 0 Å². The normalized spacial score (nSPS) is 19.6. The van der Waals surface area contributed by atoms with Gasteiger partial charge in [-0.1, -0.05) is 0 Å². The number of hydrogen-bond donors (Lipinski definition) is 2. The molecule has 1 aliphatic rings. The summed E-state index contributed by atoms with van der Waals surface area (Å²) in [7, 11) is 0. The molecule has 4 rings (SSSR count). The van der Waals surface area contributed by atoms with Crippen molar-refractivity contribution in [1.29, 1.82) is 0 Å². The minimum absolute atomic E-state index is 0.00777. The van der Waals surface area contributed by atoms with Crippen molar-refractivity contribution in [3.63, 3.8) is 0 Å². The summed E-state index contributed by atoms with van der Waals surface area (Å²) in [6.07, 6.45) is 2.82. The number of ether oxygens (including phenoxy) is 1. The summed E-state index contributed by atoms with van der Waals surface area (Å²) < 4.78 is 8.57. The number of para-hydroxylation sites is 1. The fraction of sp³-hybridized carbons (Fsp3) is 0.312. The topological polar surface area (TPSA) is 142 Å². The number of anilines is 1. The molecule has 10 nitrogen and oxygen atoms in total. The molecule has 3 N–H and O–H groups in total. The molecule has 0 amide bonds. The first-order chi connectivity index (χ1) is 13.0. The maximum atomic E-state index is 11.9. The van der Waals surface area contributed by atoms with E-state index in [1.807, 2.05) is 6.07 Å². The molecule has 0 spiro atoms. The molecule has 0 bridgehead atoms. The number of fused-ring (bicyclic) bond motifs is 1. The van der Waals surface area contributed by atoms with Crippen LogP contribution in [0.4, 0.5) is 11.6 Å². The predicted octanol–water partition coefficient (Wildman–Crippen LogP) is 0.736. The van der Waals surface area contributed by atoms with Gasteiger partial charge >= 0.3 is 159 Å². The number of nitrogens with two attached hydrogens (primary N) is 1. The first kappa shape index (κ1) is 17.7. The quantitative estimate of drug-likeness (QED) is 0.342. The van der Waals surface area contributed by atoms with Crippen LogP contribution in [0.5, 0.6) is 0 Å². The van der Waals surface area contributed by atoms with Gasteiger partial charge in [0.1, 0.15) is 0 Å². The van der Waals surface area contributed by atoms with Gasteiger partial charge in [0.25, 0.3) is 0 Å². The molecule has 140 valence electrons. The van der Waals surface area contributed by atoms with Crippen LogP contribution in [0.3, 0.4) is 0 Å². The number of hydrogen-bond acceptors (Lipinski definition) is 7. The number of nitrogens with one attached hydrogen (secondary N) is 1. The Morgan fingerprint density at radius 1 is 1.41 bits per heavy atom. The SMILES string of the molecule is Nc1nc2c(ncn2[C@H]2CC[C@@H](C[Se]c3ccccc3[N+](=O)[O-])O2)c(=O)[nH]1. The Hall–Kier alpha value is -2.75. The van der Waals surface area contributed by atoms with E-state index >= 15 is 0 Å². The van der Waals surface area contributed by atoms with Crippen molar-refractivity contribution in [3.05, 3.63) is 51.1 Å². The molecule has 0 unspecified atom stereocenters. The summed E-state index contributed by atoms with van der Waals surface area (Å²) in [5.74, 6) is 0.0310. The summed E-state index contributed by atoms with van der Waals surface area (Å²) in [6, 6.07) is 6.81. The number of aromatic amines is 1. The van der Waals surface area contributed by atoms with Crippen molar-refractivity contribution in [2.24, 2.45) is 0 Å². The third-order valence-corrected chi connectivity index (χ3v) is 6.84. The van der Waals surface area contributed by atoms with E-state index in [4.69, 9.17) is 10.5 Å². The van der Waals surface area contributed by atoms with Gasteiger partial charge in [0.05, 0.1) is 0 Å². The van der Waals surface area contributed by atoms with E-state index in [1.54, 1.807) is 16.7 Å². The van der Waals surface area contributed by atoms with Gasteiger partial charge in [0.2, 0.25) is 0 Å². The zero-order valence-corrected chi connectivity index (χ0v) is 15.8. The van der Waals surface area contributed by atoms with Crippen molar-refractivity contribution in [1.82, 2.24) is 19.5 Å². The van der Waals surface area contributed by atoms with E-state index in [-0.39, 0.29) is 54.9 Å². The van der Waals surface area contributed by atoms with Crippen molar-refractivity contribution in [3.8, 4) is 0 Å². The molecule has 0 radical (unpaired) electrons. The number of nitro benzene ring substituents is 1. The number of rotatable bonds is 5. The van der Waals surface area contributed by atoms with Crippen molar-refractivity contribution < 1.29 is 9.66 Å². The molecule has 1 fully saturated rings. The van der Waals surface area contributed by atoms with Crippen LogP contribution in [0.15, 0.2) is 35.4 Å². The average molecular weight is 435 g/mol. The monoisotopic (exact) mass is 436 g/mol. The van der Waals surface area contributed by atoms with Crippen LogP contribution >= 0.6 is 0 Å². The molecule has 0 saturated carbocycles. The number of imidazole rings is 1. The molecule has 3 aromatic rings. The van der Waals surface area contributed by atoms with Gasteiger partial charge < -0.3 is 0 Å². The third kappa shape index (κ3) is 3.44. The zero-order chi connectivity index (χ0) is 19.0. The van der Waals surface area contributed by atoms with Crippen LogP contribution in [0.2, 0.25) is 5.32 Å². The Kier molecular flexibility index (Phi) is 4.64. The van der Waals surface area contributed by atoms with Gasteiger partial charge in [0.15, 0.2) is 0 Å². The standard InChI is InChI=1S/C16H16N6O4Se/c17-16-19-14-13(15(23)20-16)18-8-21(14)12-6-5-9(26-12)7-27-11-4-2-1-3-10(11)22(24)25/h1-4,8-9,12H,5-7H2,(H3,17,19,20,23)/t9-,12+/m0/s1. The molecule has 0 aliphatic carbocycles. The molecule has 1 aliphatic heterocycles. The van der Waals surface area contributed by atoms with Gasteiger partial charge in [-0.2, -0.15) is 0 Å². The van der Waals surface area contributed by atoms with Crippen LogP contribution in [0, 0.1) is 10.1 Å². The molecule has 11 heteroatoms. The van der Waals surface area contributed by atoms with E-state index in [2.05, 4.69) is 15.0 Å². The number of nitro groups is 1. The minimum atomic E-state index is -0.384. The Labute approximate surface area is 159 Å². The fourth-order valence-corrected chi connectivity index (χ4v) is 5.34. The molecule has 27 heavy (non-hydrogen) atoms. The molecule has 1 saturated heterocycles. The number of aromatic nitrogens is 4. The van der Waals surface area contributed by atoms with E-state index in [0.717, 1.165) is 22.6 Å². The van der Waals surface area contributed by atoms with E-state index in [1.165, 1.54) is 12.4 Å². The molecule has 1 aromatic carbocycles. The van der Waals surface area contributed by atoms with E-state index in [0.29, 0.717) is 5.65 Å². The van der Waals surface area contributed by atoms with E-state index < -0.39 is 0 Å². The van der Waals surface area contributed by atoms with Crippen molar-refractivity contribution in [2.75, 3.05) is 5.73 Å². The number of benzene rings is 1. The van der Waals surface area contributed by atoms with Crippen LogP contribution in [0.1, 0.15) is 19.1 Å². The molecule has 2 aromatic heterocycles. The second-order valence-corrected chi connectivity index (χ2v) is 8.33. The van der Waals surface area contributed by atoms with Crippen LogP contribution in [-0.2, 0) is 4.74 Å². The maximum absolute atomic E-state index is 11.9.